The summed E-state index contributed by atoms with van der Waals surface area (Å²) in [5, 5.41) is 70.6. The Morgan fingerprint density at radius 3 is 2.32 bits per heavy atom. The Labute approximate surface area is 164 Å². The summed E-state index contributed by atoms with van der Waals surface area (Å²) in [6, 6.07) is 0. The number of aliphatic hydroxyl groups is 7. The quantitative estimate of drug-likeness (QED) is 0.268. The summed E-state index contributed by atoms with van der Waals surface area (Å²) in [7, 11) is 0. The molecule has 0 aromatic rings. The monoisotopic (exact) mass is 404 g/mol. The number of hydrogen-bond donors (Lipinski definition) is 7. The summed E-state index contributed by atoms with van der Waals surface area (Å²) in [5.74, 6) is 0. The van der Waals surface area contributed by atoms with Gasteiger partial charge in [0.05, 0.1) is 18.8 Å². The molecule has 7 N–H and O–H groups in total. The summed E-state index contributed by atoms with van der Waals surface area (Å²) in [6.07, 6.45) is -9.12. The van der Waals surface area contributed by atoms with E-state index in [9.17, 15) is 35.7 Å². The fourth-order valence-electron chi connectivity index (χ4n) is 4.03. The predicted molar refractivity (Wildman–Crippen MR) is 96.9 cm³/mol. The van der Waals surface area contributed by atoms with Crippen molar-refractivity contribution in [3.63, 3.8) is 0 Å². The molecule has 162 valence electrons. The van der Waals surface area contributed by atoms with Crippen LogP contribution in [0.1, 0.15) is 34.1 Å². The van der Waals surface area contributed by atoms with Crippen LogP contribution in [0.3, 0.4) is 0 Å². The molecule has 2 fully saturated rings. The van der Waals surface area contributed by atoms with Gasteiger partial charge in [0.1, 0.15) is 36.1 Å². The molecule has 1 aliphatic heterocycles. The van der Waals surface area contributed by atoms with Gasteiger partial charge in [-0.25, -0.2) is 0 Å². The zero-order chi connectivity index (χ0) is 21.4. The second-order valence-corrected chi connectivity index (χ2v) is 8.48. The largest absolute Gasteiger partial charge is 0.394 e. The first-order valence-electron chi connectivity index (χ1n) is 9.35. The van der Waals surface area contributed by atoms with E-state index in [1.165, 1.54) is 19.9 Å². The van der Waals surface area contributed by atoms with Gasteiger partial charge < -0.3 is 45.2 Å². The second-order valence-electron chi connectivity index (χ2n) is 8.48. The van der Waals surface area contributed by atoms with E-state index in [0.29, 0.717) is 5.57 Å². The third kappa shape index (κ3) is 4.49. The lowest BCUT2D eigenvalue weighted by Crippen LogP contribution is -2.64. The molecule has 0 spiro atoms. The van der Waals surface area contributed by atoms with Gasteiger partial charge >= 0.3 is 0 Å². The molecular formula is C19H32O9. The molecule has 1 heterocycles. The van der Waals surface area contributed by atoms with Gasteiger partial charge in [0, 0.05) is 5.57 Å². The summed E-state index contributed by atoms with van der Waals surface area (Å²) >= 11 is 0. The fourth-order valence-corrected chi connectivity index (χ4v) is 4.03. The van der Waals surface area contributed by atoms with Crippen molar-refractivity contribution in [3.8, 4) is 0 Å². The Morgan fingerprint density at radius 2 is 1.79 bits per heavy atom. The van der Waals surface area contributed by atoms with Gasteiger partial charge in [-0.05, 0) is 31.8 Å². The molecule has 9 nitrogen and oxygen atoms in total. The molecular weight excluding hydrogens is 372 g/mol. The van der Waals surface area contributed by atoms with E-state index in [0.717, 1.165) is 0 Å². The molecule has 1 saturated carbocycles. The maximum atomic E-state index is 11.2. The van der Waals surface area contributed by atoms with Gasteiger partial charge in [0.25, 0.3) is 0 Å². The van der Waals surface area contributed by atoms with Crippen molar-refractivity contribution in [1.82, 2.24) is 0 Å². The lowest BCUT2D eigenvalue weighted by molar-refractivity contribution is -0.332. The number of rotatable bonds is 4. The van der Waals surface area contributed by atoms with Crippen LogP contribution in [-0.2, 0) is 9.47 Å². The topological polar surface area (TPSA) is 160 Å². The fraction of sp³-hybridized carbons (Fsp3) is 0.842. The third-order valence-corrected chi connectivity index (χ3v) is 5.40. The van der Waals surface area contributed by atoms with E-state index in [1.54, 1.807) is 0 Å². The summed E-state index contributed by atoms with van der Waals surface area (Å²) in [5.41, 5.74) is 0.886. The molecule has 0 aromatic carbocycles. The highest BCUT2D eigenvalue weighted by atomic mass is 16.7. The maximum absolute atomic E-state index is 11.2. The average molecular weight is 404 g/mol. The van der Waals surface area contributed by atoms with Crippen LogP contribution in [-0.4, -0.2) is 97.0 Å². The van der Waals surface area contributed by atoms with Gasteiger partial charge in [-0.3, -0.25) is 0 Å². The molecule has 1 aliphatic carbocycles. The minimum atomic E-state index is -1.74. The highest BCUT2D eigenvalue weighted by molar-refractivity contribution is 5.29. The van der Waals surface area contributed by atoms with Crippen LogP contribution in [0, 0.1) is 5.41 Å². The highest BCUT2D eigenvalue weighted by Crippen LogP contribution is 2.47. The van der Waals surface area contributed by atoms with Crippen LogP contribution in [0.2, 0.25) is 0 Å². The highest BCUT2D eigenvalue weighted by Gasteiger charge is 2.55. The zero-order valence-corrected chi connectivity index (χ0v) is 16.6. The van der Waals surface area contributed by atoms with Crippen LogP contribution in [0.15, 0.2) is 17.4 Å². The minimum absolute atomic E-state index is 0.196. The van der Waals surface area contributed by atoms with Crippen molar-refractivity contribution in [2.45, 2.75) is 88.7 Å². The van der Waals surface area contributed by atoms with E-state index in [4.69, 9.17) is 9.47 Å². The second kappa shape index (κ2) is 8.49. The summed E-state index contributed by atoms with van der Waals surface area (Å²) in [6.45, 7) is 5.96. The number of hydrogen-bond acceptors (Lipinski definition) is 9. The number of aliphatic hydroxyl groups excluding tert-OH is 6. The van der Waals surface area contributed by atoms with Crippen molar-refractivity contribution in [1.29, 1.82) is 0 Å². The Balaban J connectivity index is 2.35. The summed E-state index contributed by atoms with van der Waals surface area (Å²) < 4.78 is 11.0. The Kier molecular flexibility index (Phi) is 7.11. The molecule has 0 aromatic heterocycles. The van der Waals surface area contributed by atoms with Gasteiger partial charge in [-0.2, -0.15) is 0 Å². The lowest BCUT2D eigenvalue weighted by atomic mass is 9.64. The SMILES string of the molecule is C[C@@H](O)C=C=C1C(C)(C)C[C@H](O)[C@@H](O[C@@H]2O[C@H](CO)[C@@H](O)[C@H](O)[C@H]2O)[C@@]1(C)O. The van der Waals surface area contributed by atoms with E-state index in [-0.39, 0.29) is 6.42 Å². The van der Waals surface area contributed by atoms with E-state index in [2.05, 4.69) is 5.73 Å². The molecule has 0 radical (unpaired) electrons. The zero-order valence-electron chi connectivity index (χ0n) is 16.6. The molecule has 28 heavy (non-hydrogen) atoms. The van der Waals surface area contributed by atoms with Crippen molar-refractivity contribution in [2.24, 2.45) is 5.41 Å². The first kappa shape index (κ1) is 23.4. The maximum Gasteiger partial charge on any atom is 0.187 e. The number of ether oxygens (including phenoxy) is 2. The standard InChI is InChI=1S/C19H32O9/c1-9(21)5-6-12-18(2,3)7-10(22)16(19(12,4)26)28-17-15(25)14(24)13(23)11(8-20)27-17/h5,9-11,13-17,20-26H,7-8H2,1-4H3/t6?,9-,10+,11-,13-,14+,15-,16-,17+,19+/m1/s1. The third-order valence-electron chi connectivity index (χ3n) is 5.40. The van der Waals surface area contributed by atoms with Crippen LogP contribution in [0.25, 0.3) is 0 Å². The predicted octanol–water partition coefficient (Wildman–Crippen LogP) is -1.82. The molecule has 0 amide bonds. The molecule has 9 atom stereocenters. The molecule has 1 saturated heterocycles. The van der Waals surface area contributed by atoms with Gasteiger partial charge in [-0.15, -0.1) is 5.73 Å². The molecule has 2 aliphatic rings. The van der Waals surface area contributed by atoms with Crippen LogP contribution >= 0.6 is 0 Å². The van der Waals surface area contributed by atoms with Gasteiger partial charge in [0.2, 0.25) is 0 Å². The molecule has 9 heteroatoms. The molecule has 0 unspecified atom stereocenters. The smallest absolute Gasteiger partial charge is 0.187 e. The lowest BCUT2D eigenvalue weighted by Gasteiger charge is -2.50. The normalized spacial score (nSPS) is 44.7. The Morgan fingerprint density at radius 1 is 1.18 bits per heavy atom. The summed E-state index contributed by atoms with van der Waals surface area (Å²) in [4.78, 5) is 0. The Bertz CT molecular complexity index is 607. The minimum Gasteiger partial charge on any atom is -0.394 e. The molecule has 2 rings (SSSR count). The van der Waals surface area contributed by atoms with Crippen molar-refractivity contribution in [2.75, 3.05) is 6.61 Å². The van der Waals surface area contributed by atoms with Crippen LogP contribution in [0.4, 0.5) is 0 Å². The Hall–Kier alpha value is -0.840. The van der Waals surface area contributed by atoms with E-state index >= 15 is 0 Å². The van der Waals surface area contributed by atoms with Gasteiger partial charge in [0.15, 0.2) is 6.29 Å². The first-order chi connectivity index (χ1) is 12.8. The van der Waals surface area contributed by atoms with Crippen molar-refractivity contribution >= 4 is 0 Å². The average Bonchev–Trinajstić information content (AvgIpc) is 2.56. The van der Waals surface area contributed by atoms with Crippen LogP contribution < -0.4 is 0 Å². The van der Waals surface area contributed by atoms with Gasteiger partial charge in [-0.1, -0.05) is 13.8 Å². The van der Waals surface area contributed by atoms with Crippen LogP contribution in [0.5, 0.6) is 0 Å². The first-order valence-corrected chi connectivity index (χ1v) is 9.35. The molecule has 0 bridgehead atoms. The van der Waals surface area contributed by atoms with E-state index < -0.39 is 66.6 Å². The van der Waals surface area contributed by atoms with E-state index in [1.807, 2.05) is 13.8 Å². The van der Waals surface area contributed by atoms with Crippen molar-refractivity contribution in [3.05, 3.63) is 17.4 Å². The van der Waals surface area contributed by atoms with Crippen molar-refractivity contribution < 1.29 is 45.2 Å².